The van der Waals surface area contributed by atoms with Gasteiger partial charge in [0.15, 0.2) is 9.84 Å². The summed E-state index contributed by atoms with van der Waals surface area (Å²) in [4.78, 5) is 16.4. The summed E-state index contributed by atoms with van der Waals surface area (Å²) in [6.07, 6.45) is 2.01. The van der Waals surface area contributed by atoms with Crippen LogP contribution in [0.15, 0.2) is 36.5 Å². The van der Waals surface area contributed by atoms with Gasteiger partial charge in [-0.25, -0.2) is 8.42 Å². The molecule has 1 aliphatic heterocycles. The van der Waals surface area contributed by atoms with Gasteiger partial charge in [0.25, 0.3) is 5.91 Å². The molecule has 1 aromatic heterocycles. The van der Waals surface area contributed by atoms with Crippen molar-refractivity contribution in [3.63, 3.8) is 0 Å². The van der Waals surface area contributed by atoms with Crippen molar-refractivity contribution in [2.75, 3.05) is 16.8 Å². The van der Waals surface area contributed by atoms with Gasteiger partial charge in [0.05, 0.1) is 11.5 Å². The zero-order chi connectivity index (χ0) is 18.0. The van der Waals surface area contributed by atoms with Gasteiger partial charge in [-0.2, -0.15) is 0 Å². The van der Waals surface area contributed by atoms with Gasteiger partial charge in [-0.1, -0.05) is 6.07 Å². The molecule has 6 nitrogen and oxygen atoms in total. The number of pyridine rings is 1. The lowest BCUT2D eigenvalue weighted by molar-refractivity contribution is 0.0936. The summed E-state index contributed by atoms with van der Waals surface area (Å²) in [5.41, 5.74) is 4.34. The maximum atomic E-state index is 12.3. The topological polar surface area (TPSA) is 88.2 Å². The number of benzene rings is 1. The van der Waals surface area contributed by atoms with Crippen molar-refractivity contribution in [1.29, 1.82) is 0 Å². The summed E-state index contributed by atoms with van der Waals surface area (Å²) in [7, 11) is -3.03. The number of rotatable bonds is 4. The number of sulfone groups is 1. The molecule has 0 radical (unpaired) electrons. The summed E-state index contributed by atoms with van der Waals surface area (Å²) in [6, 6.07) is 9.16. The molecule has 0 saturated carbocycles. The van der Waals surface area contributed by atoms with E-state index in [0.29, 0.717) is 6.42 Å². The number of hydrogen-bond acceptors (Lipinski definition) is 5. The van der Waals surface area contributed by atoms with Crippen LogP contribution in [-0.2, 0) is 9.84 Å². The fourth-order valence-corrected chi connectivity index (χ4v) is 4.46. The Hall–Kier alpha value is -2.41. The van der Waals surface area contributed by atoms with E-state index < -0.39 is 9.84 Å². The molecule has 1 aliphatic rings. The van der Waals surface area contributed by atoms with Gasteiger partial charge in [-0.05, 0) is 55.7 Å². The number of amides is 1. The van der Waals surface area contributed by atoms with Crippen molar-refractivity contribution < 1.29 is 13.2 Å². The fraction of sp³-hybridized carbons (Fsp3) is 0.333. The minimum atomic E-state index is -3.03. The number of aryl methyl sites for hydroxylation is 2. The van der Waals surface area contributed by atoms with Crippen molar-refractivity contribution in [2.45, 2.75) is 26.3 Å². The van der Waals surface area contributed by atoms with E-state index in [1.165, 1.54) is 11.1 Å². The third kappa shape index (κ3) is 4.36. The van der Waals surface area contributed by atoms with E-state index in [9.17, 15) is 13.2 Å². The van der Waals surface area contributed by atoms with Gasteiger partial charge in [0, 0.05) is 23.6 Å². The number of hydrogen-bond donors (Lipinski definition) is 2. The van der Waals surface area contributed by atoms with Gasteiger partial charge >= 0.3 is 0 Å². The number of nitrogens with zero attached hydrogens (tertiary/aromatic N) is 1. The molecule has 7 heteroatoms. The molecule has 1 aromatic carbocycles. The van der Waals surface area contributed by atoms with Crippen LogP contribution in [0.5, 0.6) is 0 Å². The molecule has 1 atom stereocenters. The highest BCUT2D eigenvalue weighted by molar-refractivity contribution is 7.91. The Balaban J connectivity index is 1.70. The first-order chi connectivity index (χ1) is 11.8. The number of anilines is 2. The standard InChI is InChI=1S/C18H21N3O3S/c1-12-3-4-14(9-13(12)2)20-15-5-7-19-17(10-15)18(22)21-16-6-8-25(23,24)11-16/h3-5,7,9-10,16H,6,8,11H2,1-2H3,(H,19,20)(H,21,22). The molecule has 132 valence electrons. The molecule has 25 heavy (non-hydrogen) atoms. The second-order valence-corrected chi connectivity index (χ2v) is 8.66. The summed E-state index contributed by atoms with van der Waals surface area (Å²) < 4.78 is 23.0. The average molecular weight is 359 g/mol. The van der Waals surface area contributed by atoms with E-state index in [2.05, 4.69) is 22.5 Å². The molecule has 1 fully saturated rings. The van der Waals surface area contributed by atoms with Crippen molar-refractivity contribution in [1.82, 2.24) is 10.3 Å². The predicted octanol–water partition coefficient (Wildman–Crippen LogP) is 2.36. The lowest BCUT2D eigenvalue weighted by Gasteiger charge is -2.12. The monoisotopic (exact) mass is 359 g/mol. The van der Waals surface area contributed by atoms with E-state index in [0.717, 1.165) is 11.4 Å². The molecule has 1 amide bonds. The molecule has 0 aliphatic carbocycles. The van der Waals surface area contributed by atoms with Crippen LogP contribution in [0.1, 0.15) is 28.0 Å². The SMILES string of the molecule is Cc1ccc(Nc2ccnc(C(=O)NC3CCS(=O)(=O)C3)c2)cc1C. The largest absolute Gasteiger partial charge is 0.355 e. The van der Waals surface area contributed by atoms with E-state index in [1.54, 1.807) is 18.3 Å². The van der Waals surface area contributed by atoms with Crippen LogP contribution in [0.4, 0.5) is 11.4 Å². The van der Waals surface area contributed by atoms with Crippen LogP contribution in [0, 0.1) is 13.8 Å². The number of aromatic nitrogens is 1. The van der Waals surface area contributed by atoms with Crippen LogP contribution in [0.2, 0.25) is 0 Å². The summed E-state index contributed by atoms with van der Waals surface area (Å²) in [5, 5.41) is 6.01. The smallest absolute Gasteiger partial charge is 0.270 e. The van der Waals surface area contributed by atoms with Gasteiger partial charge < -0.3 is 10.6 Å². The number of carbonyl (C=O) groups is 1. The predicted molar refractivity (Wildman–Crippen MR) is 98.0 cm³/mol. The molecular formula is C18H21N3O3S. The Bertz CT molecular complexity index is 910. The molecule has 2 N–H and O–H groups in total. The summed E-state index contributed by atoms with van der Waals surface area (Å²) >= 11 is 0. The van der Waals surface area contributed by atoms with Gasteiger partial charge in [0.1, 0.15) is 5.69 Å². The Kier molecular flexibility index (Phi) is 4.76. The molecular weight excluding hydrogens is 338 g/mol. The van der Waals surface area contributed by atoms with Gasteiger partial charge in [0.2, 0.25) is 0 Å². The lowest BCUT2D eigenvalue weighted by Crippen LogP contribution is -2.36. The van der Waals surface area contributed by atoms with E-state index in [-0.39, 0.29) is 29.1 Å². The highest BCUT2D eigenvalue weighted by Crippen LogP contribution is 2.20. The molecule has 0 spiro atoms. The highest BCUT2D eigenvalue weighted by Gasteiger charge is 2.29. The minimum absolute atomic E-state index is 0.000671. The van der Waals surface area contributed by atoms with Gasteiger partial charge in [-0.3, -0.25) is 9.78 Å². The third-order valence-corrected chi connectivity index (χ3v) is 6.12. The first-order valence-corrected chi connectivity index (χ1v) is 9.96. The lowest BCUT2D eigenvalue weighted by atomic mass is 10.1. The van der Waals surface area contributed by atoms with Crippen molar-refractivity contribution in [3.05, 3.63) is 53.3 Å². The van der Waals surface area contributed by atoms with Crippen molar-refractivity contribution in [2.24, 2.45) is 0 Å². The van der Waals surface area contributed by atoms with E-state index in [4.69, 9.17) is 0 Å². The Morgan fingerprint density at radius 3 is 2.56 bits per heavy atom. The van der Waals surface area contributed by atoms with E-state index >= 15 is 0 Å². The Labute approximate surface area is 147 Å². The zero-order valence-electron chi connectivity index (χ0n) is 14.2. The van der Waals surface area contributed by atoms with Crippen LogP contribution < -0.4 is 10.6 Å². The summed E-state index contributed by atoms with van der Waals surface area (Å²) in [5.74, 6) is -0.232. The highest BCUT2D eigenvalue weighted by atomic mass is 32.2. The Morgan fingerprint density at radius 2 is 1.88 bits per heavy atom. The summed E-state index contributed by atoms with van der Waals surface area (Å²) in [6.45, 7) is 4.10. The number of carbonyl (C=O) groups excluding carboxylic acids is 1. The first-order valence-electron chi connectivity index (χ1n) is 8.14. The molecule has 2 heterocycles. The first kappa shape index (κ1) is 17.4. The van der Waals surface area contributed by atoms with Crippen LogP contribution in [-0.4, -0.2) is 36.9 Å². The molecule has 2 aromatic rings. The molecule has 0 bridgehead atoms. The fourth-order valence-electron chi connectivity index (χ4n) is 2.79. The van der Waals surface area contributed by atoms with Gasteiger partial charge in [-0.15, -0.1) is 0 Å². The second-order valence-electron chi connectivity index (χ2n) is 6.43. The molecule has 1 saturated heterocycles. The van der Waals surface area contributed by atoms with Crippen LogP contribution in [0.3, 0.4) is 0 Å². The molecule has 1 unspecified atom stereocenters. The quantitative estimate of drug-likeness (QED) is 0.875. The maximum Gasteiger partial charge on any atom is 0.270 e. The van der Waals surface area contributed by atoms with E-state index in [1.807, 2.05) is 25.1 Å². The third-order valence-electron chi connectivity index (χ3n) is 4.36. The van der Waals surface area contributed by atoms with Crippen LogP contribution >= 0.6 is 0 Å². The normalized spacial score (nSPS) is 18.7. The number of nitrogens with one attached hydrogen (secondary N) is 2. The van der Waals surface area contributed by atoms with Crippen molar-refractivity contribution >= 4 is 27.1 Å². The Morgan fingerprint density at radius 1 is 1.12 bits per heavy atom. The minimum Gasteiger partial charge on any atom is -0.355 e. The van der Waals surface area contributed by atoms with Crippen molar-refractivity contribution in [3.8, 4) is 0 Å². The molecule has 3 rings (SSSR count). The zero-order valence-corrected chi connectivity index (χ0v) is 15.1. The maximum absolute atomic E-state index is 12.3. The average Bonchev–Trinajstić information content (AvgIpc) is 2.90. The van der Waals surface area contributed by atoms with Crippen LogP contribution in [0.25, 0.3) is 0 Å². The second kappa shape index (κ2) is 6.84.